The van der Waals surface area contributed by atoms with E-state index < -0.39 is 24.3 Å². The largest absolute Gasteiger partial charge is 0.467 e. The Bertz CT molecular complexity index is 1410. The van der Waals surface area contributed by atoms with Crippen molar-refractivity contribution in [3.63, 3.8) is 0 Å². The molecule has 3 aromatic rings. The van der Waals surface area contributed by atoms with E-state index in [4.69, 9.17) is 9.47 Å². The third-order valence-corrected chi connectivity index (χ3v) is 7.56. The van der Waals surface area contributed by atoms with Crippen LogP contribution in [-0.2, 0) is 20.8 Å². The van der Waals surface area contributed by atoms with Crippen molar-refractivity contribution in [2.45, 2.75) is 31.2 Å². The van der Waals surface area contributed by atoms with Crippen LogP contribution in [0.15, 0.2) is 66.9 Å². The predicted molar refractivity (Wildman–Crippen MR) is 143 cm³/mol. The van der Waals surface area contributed by atoms with Crippen molar-refractivity contribution in [2.75, 3.05) is 37.4 Å². The highest BCUT2D eigenvalue weighted by Crippen LogP contribution is 2.44. The van der Waals surface area contributed by atoms with Crippen molar-refractivity contribution < 1.29 is 23.9 Å². The van der Waals surface area contributed by atoms with Gasteiger partial charge in [0.2, 0.25) is 0 Å². The maximum Gasteiger partial charge on any atom is 0.331 e. The minimum atomic E-state index is -0.826. The number of hydrogen-bond acceptors (Lipinski definition) is 7. The van der Waals surface area contributed by atoms with E-state index in [1.54, 1.807) is 24.4 Å². The third kappa shape index (κ3) is 4.84. The summed E-state index contributed by atoms with van der Waals surface area (Å²) < 4.78 is 10.6. The zero-order valence-electron chi connectivity index (χ0n) is 21.5. The number of esters is 1. The summed E-state index contributed by atoms with van der Waals surface area (Å²) in [6, 6.07) is 18.1. The Kier molecular flexibility index (Phi) is 6.72. The van der Waals surface area contributed by atoms with Crippen molar-refractivity contribution in [2.24, 2.45) is 0 Å². The second-order valence-corrected chi connectivity index (χ2v) is 9.96. The first-order valence-corrected chi connectivity index (χ1v) is 13.0. The number of pyridine rings is 1. The van der Waals surface area contributed by atoms with E-state index in [9.17, 15) is 14.4 Å². The molecule has 0 spiro atoms. The first-order chi connectivity index (χ1) is 19.0. The van der Waals surface area contributed by atoms with E-state index in [0.717, 1.165) is 31.6 Å². The molecule has 3 aliphatic heterocycles. The van der Waals surface area contributed by atoms with Crippen molar-refractivity contribution in [3.05, 3.63) is 89.1 Å². The van der Waals surface area contributed by atoms with E-state index >= 15 is 0 Å². The van der Waals surface area contributed by atoms with Crippen LogP contribution < -0.4 is 10.6 Å². The molecule has 3 atom stereocenters. The van der Waals surface area contributed by atoms with Gasteiger partial charge >= 0.3 is 12.0 Å². The lowest BCUT2D eigenvalue weighted by Gasteiger charge is -2.20. The monoisotopic (exact) mass is 527 g/mol. The number of benzene rings is 2. The normalized spacial score (nSPS) is 21.9. The van der Waals surface area contributed by atoms with Crippen LogP contribution in [0, 0.1) is 0 Å². The summed E-state index contributed by atoms with van der Waals surface area (Å²) in [5, 5.41) is 5.65. The van der Waals surface area contributed by atoms with Crippen LogP contribution in [0.1, 0.15) is 45.6 Å². The number of fused-ring (bicyclic) bond motifs is 3. The molecule has 10 nitrogen and oxygen atoms in total. The van der Waals surface area contributed by atoms with Crippen LogP contribution in [0.25, 0.3) is 0 Å². The summed E-state index contributed by atoms with van der Waals surface area (Å²) in [6.45, 7) is 2.91. The Hall–Kier alpha value is -4.28. The van der Waals surface area contributed by atoms with Crippen LogP contribution in [0.5, 0.6) is 0 Å². The molecule has 0 bridgehead atoms. The zero-order chi connectivity index (χ0) is 26.9. The highest BCUT2D eigenvalue weighted by Gasteiger charge is 2.50. The number of likely N-dealkylation sites (tertiary alicyclic amines) is 1. The molecule has 200 valence electrons. The van der Waals surface area contributed by atoms with E-state index in [-0.39, 0.29) is 12.5 Å². The first-order valence-electron chi connectivity index (χ1n) is 13.0. The first kappa shape index (κ1) is 25.0. The summed E-state index contributed by atoms with van der Waals surface area (Å²) in [6.07, 6.45) is 1.98. The quantitative estimate of drug-likeness (QED) is 0.470. The van der Waals surface area contributed by atoms with E-state index in [1.807, 2.05) is 18.2 Å². The SMILES string of the molecule is COC(=O)[C@@H]1COC2c3c(NC(=O)Nc4cc(C5CCN(Cc6ccccc6)C5)ccn4)cccc3C(=O)N21. The average Bonchev–Trinajstić information content (AvgIpc) is 3.66. The number of ether oxygens (including phenoxy) is 2. The minimum absolute atomic E-state index is 0.0315. The van der Waals surface area contributed by atoms with Gasteiger partial charge < -0.3 is 14.8 Å². The molecule has 3 aliphatic rings. The summed E-state index contributed by atoms with van der Waals surface area (Å²) in [7, 11) is 1.27. The van der Waals surface area contributed by atoms with Gasteiger partial charge in [-0.05, 0) is 54.3 Å². The molecule has 1 aromatic heterocycles. The average molecular weight is 528 g/mol. The van der Waals surface area contributed by atoms with Crippen molar-refractivity contribution in [1.29, 1.82) is 0 Å². The number of carbonyl (C=O) groups is 3. The Morgan fingerprint density at radius 1 is 1.10 bits per heavy atom. The molecular weight excluding hydrogens is 498 g/mol. The van der Waals surface area contributed by atoms with Crippen LogP contribution in [0.2, 0.25) is 0 Å². The van der Waals surface area contributed by atoms with Gasteiger partial charge in [-0.25, -0.2) is 14.6 Å². The van der Waals surface area contributed by atoms with Gasteiger partial charge in [-0.15, -0.1) is 0 Å². The highest BCUT2D eigenvalue weighted by molar-refractivity contribution is 6.06. The number of nitrogens with one attached hydrogen (secondary N) is 2. The van der Waals surface area contributed by atoms with Crippen molar-refractivity contribution in [1.82, 2.24) is 14.8 Å². The van der Waals surface area contributed by atoms with Crippen LogP contribution in [-0.4, -0.2) is 65.5 Å². The number of carbonyl (C=O) groups excluding carboxylic acids is 3. The predicted octanol–water partition coefficient (Wildman–Crippen LogP) is 3.74. The van der Waals surface area contributed by atoms with Gasteiger partial charge in [0.05, 0.1) is 19.4 Å². The van der Waals surface area contributed by atoms with Crippen molar-refractivity contribution >= 4 is 29.4 Å². The standard InChI is InChI=1S/C29H29N5O5/c1-38-28(36)23-17-39-27-25-21(26(35)34(23)27)8-5-9-22(25)31-29(37)32-24-14-19(10-12-30-24)20-11-13-33(16-20)15-18-6-3-2-4-7-18/h2-10,12,14,20,23,27H,11,13,15-17H2,1H3,(H2,30,31,32,37)/t20?,23-,27?/m0/s1. The van der Waals surface area contributed by atoms with Gasteiger partial charge in [-0.1, -0.05) is 36.4 Å². The fourth-order valence-electron chi connectivity index (χ4n) is 5.69. The fourth-order valence-corrected chi connectivity index (χ4v) is 5.69. The molecule has 2 saturated heterocycles. The highest BCUT2D eigenvalue weighted by atomic mass is 16.5. The smallest absolute Gasteiger partial charge is 0.331 e. The van der Waals surface area contributed by atoms with E-state index in [2.05, 4.69) is 44.8 Å². The third-order valence-electron chi connectivity index (χ3n) is 7.56. The van der Waals surface area contributed by atoms with Gasteiger partial charge in [-0.2, -0.15) is 0 Å². The summed E-state index contributed by atoms with van der Waals surface area (Å²) in [5.74, 6) is -0.0712. The van der Waals surface area contributed by atoms with Crippen LogP contribution >= 0.6 is 0 Å². The van der Waals surface area contributed by atoms with E-state index in [0.29, 0.717) is 28.6 Å². The summed E-state index contributed by atoms with van der Waals surface area (Å²) >= 11 is 0. The Labute approximate surface area is 225 Å². The summed E-state index contributed by atoms with van der Waals surface area (Å²) in [5.41, 5.74) is 3.77. The lowest BCUT2D eigenvalue weighted by Crippen LogP contribution is -2.40. The number of urea groups is 1. The maximum atomic E-state index is 13.0. The van der Waals surface area contributed by atoms with E-state index in [1.165, 1.54) is 17.6 Å². The molecule has 39 heavy (non-hydrogen) atoms. The molecule has 10 heteroatoms. The number of amides is 3. The fraction of sp³-hybridized carbons (Fsp3) is 0.310. The number of anilines is 2. The Morgan fingerprint density at radius 2 is 1.95 bits per heavy atom. The molecule has 6 rings (SSSR count). The summed E-state index contributed by atoms with van der Waals surface area (Å²) in [4.78, 5) is 46.3. The minimum Gasteiger partial charge on any atom is -0.467 e. The Balaban J connectivity index is 1.12. The molecule has 4 heterocycles. The van der Waals surface area contributed by atoms with Gasteiger partial charge in [0.15, 0.2) is 12.3 Å². The molecule has 2 aromatic carbocycles. The number of rotatable bonds is 6. The lowest BCUT2D eigenvalue weighted by molar-refractivity contribution is -0.144. The molecule has 2 fully saturated rings. The molecule has 2 N–H and O–H groups in total. The number of hydrogen-bond donors (Lipinski definition) is 2. The second-order valence-electron chi connectivity index (χ2n) is 9.96. The lowest BCUT2D eigenvalue weighted by atomic mass is 9.99. The van der Waals surface area contributed by atoms with Crippen molar-refractivity contribution in [3.8, 4) is 0 Å². The van der Waals surface area contributed by atoms with Gasteiger partial charge in [0, 0.05) is 30.4 Å². The van der Waals surface area contributed by atoms with Gasteiger partial charge in [0.25, 0.3) is 5.91 Å². The molecule has 2 unspecified atom stereocenters. The Morgan fingerprint density at radius 3 is 2.77 bits per heavy atom. The number of methoxy groups -OCH3 is 1. The topological polar surface area (TPSA) is 113 Å². The van der Waals surface area contributed by atoms with Gasteiger partial charge in [-0.3, -0.25) is 19.9 Å². The number of aromatic nitrogens is 1. The molecule has 0 radical (unpaired) electrons. The van der Waals surface area contributed by atoms with Crippen LogP contribution in [0.3, 0.4) is 0 Å². The van der Waals surface area contributed by atoms with Gasteiger partial charge in [0.1, 0.15) is 5.82 Å². The van der Waals surface area contributed by atoms with Crippen LogP contribution in [0.4, 0.5) is 16.3 Å². The molecular formula is C29H29N5O5. The zero-order valence-corrected chi connectivity index (χ0v) is 21.5. The molecule has 3 amide bonds. The second kappa shape index (κ2) is 10.5. The maximum absolute atomic E-state index is 13.0. The molecule has 0 aliphatic carbocycles. The number of nitrogens with zero attached hydrogens (tertiary/aromatic N) is 3. The molecule has 0 saturated carbocycles.